The number of hydrogen-bond donors (Lipinski definition) is 1. The molecular formula is C22H23IN6O4. The quantitative estimate of drug-likeness (QED) is 0.378. The number of aromatic nitrogens is 3. The fraction of sp³-hybridized carbons (Fsp3) is 0.364. The molecule has 1 aromatic carbocycles. The molecule has 2 aliphatic heterocycles. The van der Waals surface area contributed by atoms with E-state index in [0.717, 1.165) is 35.6 Å². The Bertz CT molecular complexity index is 1120. The van der Waals surface area contributed by atoms with Crippen molar-refractivity contribution in [1.29, 1.82) is 0 Å². The van der Waals surface area contributed by atoms with Crippen LogP contribution in [0.25, 0.3) is 11.4 Å². The highest BCUT2D eigenvalue weighted by molar-refractivity contribution is 14.1. The van der Waals surface area contributed by atoms with E-state index in [1.54, 1.807) is 6.07 Å². The topological polar surface area (TPSA) is 106 Å². The van der Waals surface area contributed by atoms with Crippen molar-refractivity contribution in [3.63, 3.8) is 0 Å². The summed E-state index contributed by atoms with van der Waals surface area (Å²) >= 11 is 1.87. The maximum Gasteiger partial charge on any atom is 0.336 e. The van der Waals surface area contributed by atoms with E-state index >= 15 is 0 Å². The molecule has 0 spiro atoms. The first-order valence-corrected chi connectivity index (χ1v) is 11.7. The molecule has 2 amide bonds. The van der Waals surface area contributed by atoms with Crippen LogP contribution in [0.1, 0.15) is 18.2 Å². The summed E-state index contributed by atoms with van der Waals surface area (Å²) < 4.78 is 17.5. The number of anilines is 3. The predicted molar refractivity (Wildman–Crippen MR) is 130 cm³/mol. The average molecular weight is 562 g/mol. The zero-order chi connectivity index (χ0) is 22.8. The lowest BCUT2D eigenvalue weighted by atomic mass is 10.1. The van der Waals surface area contributed by atoms with Crippen LogP contribution in [0.4, 0.5) is 22.1 Å². The number of nitrogens with zero attached hydrogens (tertiary/aromatic N) is 5. The van der Waals surface area contributed by atoms with Crippen LogP contribution in [0.15, 0.2) is 41.1 Å². The molecule has 1 saturated heterocycles. The van der Waals surface area contributed by atoms with Gasteiger partial charge in [-0.1, -0.05) is 5.16 Å². The van der Waals surface area contributed by atoms with E-state index < -0.39 is 0 Å². The molecule has 3 aromatic rings. The monoisotopic (exact) mass is 562 g/mol. The van der Waals surface area contributed by atoms with E-state index in [0.29, 0.717) is 43.8 Å². The molecule has 1 unspecified atom stereocenters. The van der Waals surface area contributed by atoms with Crippen LogP contribution >= 0.6 is 22.9 Å². The van der Waals surface area contributed by atoms with Crippen LogP contribution in [0.3, 0.4) is 0 Å². The number of carbonyl (C=O) groups is 1. The van der Waals surface area contributed by atoms with E-state index in [4.69, 9.17) is 24.0 Å². The molecule has 0 saturated carbocycles. The van der Waals surface area contributed by atoms with Crippen LogP contribution in [-0.2, 0) is 22.5 Å². The van der Waals surface area contributed by atoms with Crippen LogP contribution in [0.5, 0.6) is 0 Å². The summed E-state index contributed by atoms with van der Waals surface area (Å²) in [5, 5.41) is 6.61. The Morgan fingerprint density at radius 1 is 1.18 bits per heavy atom. The van der Waals surface area contributed by atoms with Crippen LogP contribution in [0, 0.1) is 0 Å². The number of fused-ring (bicyclic) bond motifs is 1. The SMILES string of the molecule is CC1COCCN1c1nc(-c2ccc(NC(=O)N(I)c3ccon3)cc2)nc2c1COCC2. The van der Waals surface area contributed by atoms with Crippen molar-refractivity contribution >= 4 is 46.2 Å². The van der Waals surface area contributed by atoms with Gasteiger partial charge in [-0.15, -0.1) is 0 Å². The molecule has 172 valence electrons. The zero-order valence-corrected chi connectivity index (χ0v) is 20.2. The number of hydrogen-bond acceptors (Lipinski definition) is 8. The maximum atomic E-state index is 12.5. The number of ether oxygens (including phenoxy) is 2. The molecule has 2 aliphatic rings. The lowest BCUT2D eigenvalue weighted by Gasteiger charge is -2.36. The van der Waals surface area contributed by atoms with Crippen LogP contribution < -0.4 is 13.3 Å². The Morgan fingerprint density at radius 2 is 2.03 bits per heavy atom. The van der Waals surface area contributed by atoms with Gasteiger partial charge in [0.1, 0.15) is 12.1 Å². The van der Waals surface area contributed by atoms with Gasteiger partial charge in [-0.2, -0.15) is 0 Å². The molecule has 1 fully saturated rings. The molecule has 1 atom stereocenters. The van der Waals surface area contributed by atoms with Crippen molar-refractivity contribution in [1.82, 2.24) is 15.1 Å². The number of amides is 2. The number of benzene rings is 1. The van der Waals surface area contributed by atoms with Gasteiger partial charge < -0.3 is 24.2 Å². The summed E-state index contributed by atoms with van der Waals surface area (Å²) in [7, 11) is 0. The van der Waals surface area contributed by atoms with Gasteiger partial charge in [-0.25, -0.2) is 17.9 Å². The van der Waals surface area contributed by atoms with Gasteiger partial charge in [-0.3, -0.25) is 0 Å². The first-order chi connectivity index (χ1) is 16.1. The molecule has 0 bridgehead atoms. The van der Waals surface area contributed by atoms with Gasteiger partial charge >= 0.3 is 6.03 Å². The van der Waals surface area contributed by atoms with E-state index in [9.17, 15) is 4.79 Å². The Labute approximate surface area is 204 Å². The third kappa shape index (κ3) is 4.66. The van der Waals surface area contributed by atoms with E-state index in [1.165, 1.54) is 9.38 Å². The van der Waals surface area contributed by atoms with Crippen molar-refractivity contribution in [2.75, 3.05) is 39.7 Å². The fourth-order valence-electron chi connectivity index (χ4n) is 3.91. The van der Waals surface area contributed by atoms with Gasteiger partial charge in [-0.05, 0) is 31.2 Å². The molecule has 1 N–H and O–H groups in total. The largest absolute Gasteiger partial charge is 0.377 e. The number of nitrogens with one attached hydrogen (secondary N) is 1. The molecular weight excluding hydrogens is 539 g/mol. The van der Waals surface area contributed by atoms with Gasteiger partial charge in [0.25, 0.3) is 0 Å². The maximum absolute atomic E-state index is 12.5. The minimum absolute atomic E-state index is 0.228. The van der Waals surface area contributed by atoms with Gasteiger partial charge in [0.15, 0.2) is 11.6 Å². The van der Waals surface area contributed by atoms with Gasteiger partial charge in [0.2, 0.25) is 0 Å². The first kappa shape index (κ1) is 22.0. The predicted octanol–water partition coefficient (Wildman–Crippen LogP) is 3.82. The Balaban J connectivity index is 1.40. The van der Waals surface area contributed by atoms with Crippen molar-refractivity contribution in [3.8, 4) is 11.4 Å². The molecule has 10 nitrogen and oxygen atoms in total. The minimum atomic E-state index is -0.328. The van der Waals surface area contributed by atoms with Crippen molar-refractivity contribution in [2.45, 2.75) is 26.0 Å². The van der Waals surface area contributed by atoms with Crippen LogP contribution in [0.2, 0.25) is 0 Å². The van der Waals surface area contributed by atoms with Gasteiger partial charge in [0, 0.05) is 35.8 Å². The lowest BCUT2D eigenvalue weighted by Crippen LogP contribution is -2.45. The number of urea groups is 1. The molecule has 5 rings (SSSR count). The number of rotatable bonds is 4. The standard InChI is InChI=1S/C22H23IN6O4/c1-14-12-32-11-8-28(14)21-17-13-31-9-6-18(17)25-20(26-21)15-2-4-16(5-3-15)24-22(30)29(23)19-7-10-33-27-19/h2-5,7,10,14H,6,8-9,11-13H2,1H3,(H,24,30). The summed E-state index contributed by atoms with van der Waals surface area (Å²) in [5.74, 6) is 2.01. The second-order valence-corrected chi connectivity index (χ2v) is 8.83. The summed E-state index contributed by atoms with van der Waals surface area (Å²) in [4.78, 5) is 24.5. The molecule has 2 aromatic heterocycles. The smallest absolute Gasteiger partial charge is 0.336 e. The highest BCUT2D eigenvalue weighted by Gasteiger charge is 2.27. The van der Waals surface area contributed by atoms with Crippen LogP contribution in [-0.4, -0.2) is 53.6 Å². The minimum Gasteiger partial charge on any atom is -0.377 e. The van der Waals surface area contributed by atoms with E-state index in [2.05, 4.69) is 22.3 Å². The second-order valence-electron chi connectivity index (χ2n) is 7.86. The van der Waals surface area contributed by atoms with Crippen molar-refractivity contribution in [3.05, 3.63) is 47.9 Å². The summed E-state index contributed by atoms with van der Waals surface area (Å²) in [6.07, 6.45) is 2.18. The normalized spacial score (nSPS) is 18.0. The molecule has 11 heteroatoms. The molecule has 0 aliphatic carbocycles. The summed E-state index contributed by atoms with van der Waals surface area (Å²) in [5.41, 5.74) is 3.64. The highest BCUT2D eigenvalue weighted by Crippen LogP contribution is 2.31. The Kier molecular flexibility index (Phi) is 6.42. The second kappa shape index (κ2) is 9.61. The number of carbonyl (C=O) groups excluding carboxylic acids is 1. The van der Waals surface area contributed by atoms with Crippen molar-refractivity contribution in [2.24, 2.45) is 0 Å². The first-order valence-electron chi connectivity index (χ1n) is 10.7. The molecule has 4 heterocycles. The highest BCUT2D eigenvalue weighted by atomic mass is 127. The van der Waals surface area contributed by atoms with E-state index in [-0.39, 0.29) is 12.1 Å². The number of halogens is 1. The zero-order valence-electron chi connectivity index (χ0n) is 18.0. The Morgan fingerprint density at radius 3 is 2.79 bits per heavy atom. The summed E-state index contributed by atoms with van der Waals surface area (Å²) in [6, 6.07) is 9.01. The third-order valence-electron chi connectivity index (χ3n) is 5.64. The average Bonchev–Trinajstić information content (AvgIpc) is 3.39. The van der Waals surface area contributed by atoms with Gasteiger partial charge in [0.05, 0.1) is 61.0 Å². The third-order valence-corrected chi connectivity index (χ3v) is 6.57. The molecule has 0 radical (unpaired) electrons. The number of morpholine rings is 1. The summed E-state index contributed by atoms with van der Waals surface area (Å²) in [6.45, 7) is 5.46. The van der Waals surface area contributed by atoms with E-state index in [1.807, 2.05) is 47.1 Å². The fourth-order valence-corrected chi connectivity index (χ4v) is 4.28. The Hall–Kier alpha value is -2.77. The molecule has 33 heavy (non-hydrogen) atoms. The lowest BCUT2D eigenvalue weighted by molar-refractivity contribution is 0.0952. The van der Waals surface area contributed by atoms with Crippen molar-refractivity contribution < 1.29 is 18.8 Å².